The number of benzene rings is 2. The lowest BCUT2D eigenvalue weighted by Crippen LogP contribution is -2.57. The Morgan fingerprint density at radius 1 is 0.917 bits per heavy atom. The fourth-order valence-corrected chi connectivity index (χ4v) is 6.85. The molecule has 6 nitrogen and oxygen atoms in total. The van der Waals surface area contributed by atoms with Crippen molar-refractivity contribution < 1.29 is 19.2 Å². The van der Waals surface area contributed by atoms with Crippen LogP contribution in [-0.2, 0) is 9.59 Å². The Bertz CT molecular complexity index is 1290. The molecule has 1 heterocycles. The number of carbonyl (C=O) groups excluding carboxylic acids is 4. The monoisotopic (exact) mass is 522 g/mol. The highest BCUT2D eigenvalue weighted by molar-refractivity contribution is 6.42. The summed E-state index contributed by atoms with van der Waals surface area (Å²) in [5, 5.41) is 2.50. The lowest BCUT2D eigenvalue weighted by Gasteiger charge is -2.37. The zero-order valence-corrected chi connectivity index (χ0v) is 21.0. The number of ketones is 1. The van der Waals surface area contributed by atoms with E-state index >= 15 is 0 Å². The van der Waals surface area contributed by atoms with Crippen molar-refractivity contribution in [3.63, 3.8) is 0 Å². The third-order valence-electron chi connectivity index (χ3n) is 8.27. The quantitative estimate of drug-likeness (QED) is 0.301. The number of nitrogens with zero attached hydrogens (tertiary/aromatic N) is 2. The number of hydrogen-bond acceptors (Lipinski definition) is 4. The van der Waals surface area contributed by atoms with E-state index in [1.165, 1.54) is 18.2 Å². The second kappa shape index (κ2) is 8.56. The summed E-state index contributed by atoms with van der Waals surface area (Å²) in [5.74, 6) is -1.94. The maximum Gasteiger partial charge on any atom is 0.273 e. The molecule has 1 aliphatic heterocycles. The number of carbonyl (C=O) groups is 4. The molecule has 36 heavy (non-hydrogen) atoms. The van der Waals surface area contributed by atoms with Gasteiger partial charge in [-0.05, 0) is 54.7 Å². The van der Waals surface area contributed by atoms with Gasteiger partial charge in [0.05, 0.1) is 21.9 Å². The van der Waals surface area contributed by atoms with Gasteiger partial charge in [-0.25, -0.2) is 5.01 Å². The number of amides is 3. The van der Waals surface area contributed by atoms with E-state index in [0.29, 0.717) is 17.4 Å². The summed E-state index contributed by atoms with van der Waals surface area (Å²) in [6.45, 7) is 1.76. The van der Waals surface area contributed by atoms with Crippen LogP contribution in [0.3, 0.4) is 0 Å². The van der Waals surface area contributed by atoms with Crippen molar-refractivity contribution in [3.05, 3.63) is 81.9 Å². The summed E-state index contributed by atoms with van der Waals surface area (Å²) in [5.41, 5.74) is 0.541. The average molecular weight is 523 g/mol. The Labute approximate surface area is 218 Å². The van der Waals surface area contributed by atoms with Crippen molar-refractivity contribution in [2.75, 3.05) is 0 Å². The summed E-state index contributed by atoms with van der Waals surface area (Å²) in [6.07, 6.45) is 5.40. The molecule has 0 spiro atoms. The summed E-state index contributed by atoms with van der Waals surface area (Å²) in [4.78, 5) is 55.4. The van der Waals surface area contributed by atoms with Crippen LogP contribution < -0.4 is 0 Å². The van der Waals surface area contributed by atoms with Gasteiger partial charge in [0.2, 0.25) is 0 Å². The van der Waals surface area contributed by atoms with Crippen molar-refractivity contribution >= 4 is 46.7 Å². The Morgan fingerprint density at radius 3 is 2.08 bits per heavy atom. The first-order valence-electron chi connectivity index (χ1n) is 12.3. The molecular weight excluding hydrogens is 499 g/mol. The topological polar surface area (TPSA) is 74.8 Å². The first-order chi connectivity index (χ1) is 17.3. The molecule has 0 N–H and O–H groups in total. The first kappa shape index (κ1) is 23.4. The normalized spacial score (nSPS) is 30.1. The fourth-order valence-electron chi connectivity index (χ4n) is 6.55. The van der Waals surface area contributed by atoms with Crippen LogP contribution in [-0.4, -0.2) is 39.6 Å². The smallest absolute Gasteiger partial charge is 0.273 e. The van der Waals surface area contributed by atoms with Gasteiger partial charge in [0, 0.05) is 11.1 Å². The summed E-state index contributed by atoms with van der Waals surface area (Å²) in [7, 11) is 0. The van der Waals surface area contributed by atoms with Crippen LogP contribution in [0.5, 0.6) is 0 Å². The first-order valence-corrected chi connectivity index (χ1v) is 13.0. The average Bonchev–Trinajstić information content (AvgIpc) is 3.68. The summed E-state index contributed by atoms with van der Waals surface area (Å²) in [6, 6.07) is 11.9. The zero-order chi connectivity index (χ0) is 25.3. The molecular formula is C28H24Cl2N2O4. The number of allylic oxidation sites excluding steroid dienone is 2. The number of hydrogen-bond donors (Lipinski definition) is 0. The number of Topliss-reactive ketones (excluding diaryl/α,β-unsaturated/α-hetero) is 1. The van der Waals surface area contributed by atoms with E-state index in [1.807, 2.05) is 0 Å². The Balaban J connectivity index is 1.44. The SMILES string of the molecule is CC[C@H](C(=O)c1ccccc1)N(C(=O)c1ccc(Cl)c(Cl)c1)N1C(=O)[C@@H]2[C@H]3C=C[C@@H]([C@@H]4C[C@@H]34)[C@@H]2C1=O. The Morgan fingerprint density at radius 2 is 1.53 bits per heavy atom. The molecule has 2 bridgehead atoms. The number of halogens is 2. The molecule has 2 aromatic carbocycles. The number of hydrazine groups is 1. The van der Waals surface area contributed by atoms with Gasteiger partial charge in [-0.3, -0.25) is 19.2 Å². The summed E-state index contributed by atoms with van der Waals surface area (Å²) >= 11 is 12.3. The molecule has 184 valence electrons. The van der Waals surface area contributed by atoms with E-state index in [4.69, 9.17) is 23.2 Å². The molecule has 3 fully saturated rings. The second-order valence-electron chi connectivity index (χ2n) is 10.1. The van der Waals surface area contributed by atoms with Crippen molar-refractivity contribution in [1.82, 2.24) is 10.0 Å². The highest BCUT2D eigenvalue weighted by atomic mass is 35.5. The van der Waals surface area contributed by atoms with E-state index < -0.39 is 35.6 Å². The van der Waals surface area contributed by atoms with E-state index in [2.05, 4.69) is 12.2 Å². The lowest BCUT2D eigenvalue weighted by molar-refractivity contribution is -0.157. The highest BCUT2D eigenvalue weighted by Crippen LogP contribution is 2.65. The van der Waals surface area contributed by atoms with Crippen LogP contribution in [0, 0.1) is 35.5 Å². The van der Waals surface area contributed by atoms with Crippen LogP contribution in [0.2, 0.25) is 10.0 Å². The van der Waals surface area contributed by atoms with Crippen molar-refractivity contribution in [3.8, 4) is 0 Å². The maximum absolute atomic E-state index is 14.0. The predicted octanol–water partition coefficient (Wildman–Crippen LogP) is 5.07. The van der Waals surface area contributed by atoms with Crippen LogP contribution >= 0.6 is 23.2 Å². The van der Waals surface area contributed by atoms with Crippen molar-refractivity contribution in [2.45, 2.75) is 25.8 Å². The molecule has 1 saturated heterocycles. The second-order valence-corrected chi connectivity index (χ2v) is 10.9. The molecule has 7 rings (SSSR count). The molecule has 8 heteroatoms. The molecule has 0 unspecified atom stereocenters. The molecule has 5 aliphatic rings. The van der Waals surface area contributed by atoms with Crippen LogP contribution in [0.25, 0.3) is 0 Å². The van der Waals surface area contributed by atoms with E-state index in [-0.39, 0.29) is 39.6 Å². The van der Waals surface area contributed by atoms with Gasteiger partial charge in [-0.1, -0.05) is 72.6 Å². The molecule has 0 aromatic heterocycles. The molecule has 0 radical (unpaired) electrons. The van der Waals surface area contributed by atoms with Gasteiger partial charge in [-0.15, -0.1) is 0 Å². The van der Waals surface area contributed by atoms with Crippen molar-refractivity contribution in [1.29, 1.82) is 0 Å². The molecule has 7 atom stereocenters. The Hall–Kier alpha value is -2.96. The number of rotatable bonds is 6. The van der Waals surface area contributed by atoms with Crippen molar-refractivity contribution in [2.24, 2.45) is 35.5 Å². The predicted molar refractivity (Wildman–Crippen MR) is 134 cm³/mol. The lowest BCUT2D eigenvalue weighted by atomic mass is 9.63. The summed E-state index contributed by atoms with van der Waals surface area (Å²) < 4.78 is 0. The third-order valence-corrected chi connectivity index (χ3v) is 9.01. The van der Waals surface area contributed by atoms with Gasteiger partial charge in [0.25, 0.3) is 17.7 Å². The van der Waals surface area contributed by atoms with Crippen LogP contribution in [0.1, 0.15) is 40.5 Å². The minimum Gasteiger partial charge on any atom is -0.292 e. The standard InChI is InChI=1S/C28H24Cl2N2O4/c1-2-22(25(33)14-6-4-3-5-7-14)31(26(34)15-8-11-20(29)21(30)12-15)32-27(35)23-16-9-10-17(19-13-18(16)19)24(23)28(32)36/h3-12,16-19,22-24H,2,13H2,1H3/t16-,17-,18-,19-,22+,23-,24+/m0/s1. The maximum atomic E-state index is 14.0. The van der Waals surface area contributed by atoms with Crippen LogP contribution in [0.4, 0.5) is 0 Å². The van der Waals surface area contributed by atoms with Gasteiger partial charge >= 0.3 is 0 Å². The minimum absolute atomic E-state index is 0.00159. The highest BCUT2D eigenvalue weighted by Gasteiger charge is 2.68. The fraction of sp³-hybridized carbons (Fsp3) is 0.357. The molecule has 2 saturated carbocycles. The van der Waals surface area contributed by atoms with E-state index in [9.17, 15) is 19.2 Å². The zero-order valence-electron chi connectivity index (χ0n) is 19.5. The largest absolute Gasteiger partial charge is 0.292 e. The van der Waals surface area contributed by atoms with E-state index in [1.54, 1.807) is 37.3 Å². The number of imide groups is 1. The third kappa shape index (κ3) is 3.38. The molecule has 3 amide bonds. The van der Waals surface area contributed by atoms with E-state index in [0.717, 1.165) is 16.4 Å². The Kier molecular flexibility index (Phi) is 5.58. The van der Waals surface area contributed by atoms with Gasteiger partial charge in [0.15, 0.2) is 5.78 Å². The van der Waals surface area contributed by atoms with Gasteiger partial charge in [-0.2, -0.15) is 5.01 Å². The van der Waals surface area contributed by atoms with Crippen LogP contribution in [0.15, 0.2) is 60.7 Å². The van der Waals surface area contributed by atoms with Gasteiger partial charge in [0.1, 0.15) is 6.04 Å². The minimum atomic E-state index is -1.05. The molecule has 4 aliphatic carbocycles. The molecule has 2 aromatic rings. The van der Waals surface area contributed by atoms with Gasteiger partial charge < -0.3 is 0 Å².